The van der Waals surface area contributed by atoms with Crippen molar-refractivity contribution in [1.29, 1.82) is 0 Å². The minimum atomic E-state index is 0.548. The number of rotatable bonds is 6. The van der Waals surface area contributed by atoms with E-state index in [1.165, 1.54) is 0 Å². The first-order chi connectivity index (χ1) is 9.70. The third-order valence-electron chi connectivity index (χ3n) is 2.94. The highest BCUT2D eigenvalue weighted by Gasteiger charge is 2.02. The zero-order chi connectivity index (χ0) is 14.4. The van der Waals surface area contributed by atoms with Crippen LogP contribution in [0.5, 0.6) is 11.5 Å². The van der Waals surface area contributed by atoms with Crippen LogP contribution in [0.1, 0.15) is 5.56 Å². The van der Waals surface area contributed by atoms with E-state index in [1.807, 2.05) is 49.4 Å². The molecule has 0 saturated heterocycles. The quantitative estimate of drug-likeness (QED) is 0.811. The predicted octanol–water partition coefficient (Wildman–Crippen LogP) is 4.15. The second kappa shape index (κ2) is 7.06. The van der Waals surface area contributed by atoms with Crippen LogP contribution in [0.3, 0.4) is 0 Å². The Morgan fingerprint density at radius 3 is 2.60 bits per heavy atom. The van der Waals surface area contributed by atoms with Gasteiger partial charge in [0.15, 0.2) is 11.5 Å². The molecular formula is C16H18ClNO2. The smallest absolute Gasteiger partial charge is 0.161 e. The average Bonchev–Trinajstić information content (AvgIpc) is 2.47. The molecule has 0 saturated carbocycles. The van der Waals surface area contributed by atoms with E-state index in [-0.39, 0.29) is 0 Å². The molecule has 4 heteroatoms. The molecule has 0 amide bonds. The Hall–Kier alpha value is -1.87. The summed E-state index contributed by atoms with van der Waals surface area (Å²) >= 11 is 5.98. The van der Waals surface area contributed by atoms with E-state index in [0.717, 1.165) is 27.8 Å². The van der Waals surface area contributed by atoms with Gasteiger partial charge in [0, 0.05) is 17.3 Å². The number of hydrogen-bond acceptors (Lipinski definition) is 3. The van der Waals surface area contributed by atoms with Crippen molar-refractivity contribution in [2.75, 3.05) is 25.6 Å². The second-order valence-corrected chi connectivity index (χ2v) is 4.82. The van der Waals surface area contributed by atoms with E-state index < -0.39 is 0 Å². The van der Waals surface area contributed by atoms with Crippen LogP contribution in [0.2, 0.25) is 5.02 Å². The van der Waals surface area contributed by atoms with Crippen molar-refractivity contribution < 1.29 is 9.47 Å². The fourth-order valence-electron chi connectivity index (χ4n) is 1.87. The third kappa shape index (κ3) is 3.81. The molecule has 0 aliphatic rings. The van der Waals surface area contributed by atoms with Crippen LogP contribution in [0.25, 0.3) is 0 Å². The van der Waals surface area contributed by atoms with Crippen molar-refractivity contribution in [3.05, 3.63) is 53.1 Å². The van der Waals surface area contributed by atoms with Gasteiger partial charge in [-0.05, 0) is 36.8 Å². The Morgan fingerprint density at radius 1 is 1.10 bits per heavy atom. The Kier molecular flexibility index (Phi) is 5.13. The van der Waals surface area contributed by atoms with Crippen LogP contribution >= 0.6 is 11.6 Å². The number of benzene rings is 2. The summed E-state index contributed by atoms with van der Waals surface area (Å²) in [4.78, 5) is 0. The molecule has 0 spiro atoms. The number of halogens is 1. The lowest BCUT2D eigenvalue weighted by Crippen LogP contribution is -2.12. The largest absolute Gasteiger partial charge is 0.493 e. The van der Waals surface area contributed by atoms with E-state index in [4.69, 9.17) is 21.1 Å². The molecule has 2 aromatic carbocycles. The Balaban J connectivity index is 1.86. The molecule has 1 N–H and O–H groups in total. The van der Waals surface area contributed by atoms with Gasteiger partial charge in [0.2, 0.25) is 0 Å². The van der Waals surface area contributed by atoms with Crippen molar-refractivity contribution in [2.45, 2.75) is 6.92 Å². The summed E-state index contributed by atoms with van der Waals surface area (Å²) in [6, 6.07) is 13.4. The molecule has 0 atom stereocenters. The van der Waals surface area contributed by atoms with E-state index in [9.17, 15) is 0 Å². The molecule has 0 aliphatic heterocycles. The van der Waals surface area contributed by atoms with Gasteiger partial charge in [0.25, 0.3) is 0 Å². The number of hydrogen-bond donors (Lipinski definition) is 1. The summed E-state index contributed by atoms with van der Waals surface area (Å²) in [6.07, 6.45) is 0. The first-order valence-electron chi connectivity index (χ1n) is 6.46. The monoisotopic (exact) mass is 291 g/mol. The van der Waals surface area contributed by atoms with Crippen LogP contribution < -0.4 is 14.8 Å². The van der Waals surface area contributed by atoms with Crippen LogP contribution in [-0.4, -0.2) is 20.3 Å². The predicted molar refractivity (Wildman–Crippen MR) is 83.2 cm³/mol. The van der Waals surface area contributed by atoms with E-state index in [2.05, 4.69) is 5.32 Å². The van der Waals surface area contributed by atoms with Gasteiger partial charge in [-0.1, -0.05) is 29.8 Å². The molecule has 0 unspecified atom stereocenters. The van der Waals surface area contributed by atoms with E-state index in [0.29, 0.717) is 13.2 Å². The van der Waals surface area contributed by atoms with Crippen molar-refractivity contribution in [3.8, 4) is 11.5 Å². The summed E-state index contributed by atoms with van der Waals surface area (Å²) in [7, 11) is 1.63. The van der Waals surface area contributed by atoms with Crippen molar-refractivity contribution >= 4 is 17.3 Å². The third-order valence-corrected chi connectivity index (χ3v) is 3.18. The van der Waals surface area contributed by atoms with E-state index in [1.54, 1.807) is 7.11 Å². The number of nitrogens with one attached hydrogen (secondary N) is 1. The summed E-state index contributed by atoms with van der Waals surface area (Å²) in [5.41, 5.74) is 2.19. The fraction of sp³-hybridized carbons (Fsp3) is 0.250. The van der Waals surface area contributed by atoms with Gasteiger partial charge in [-0.15, -0.1) is 0 Å². The molecule has 0 bridgehead atoms. The van der Waals surface area contributed by atoms with Crippen molar-refractivity contribution in [1.82, 2.24) is 0 Å². The fourth-order valence-corrected chi connectivity index (χ4v) is 2.04. The molecule has 2 rings (SSSR count). The van der Waals surface area contributed by atoms with Crippen LogP contribution in [0.4, 0.5) is 5.69 Å². The number of aryl methyl sites for hydroxylation is 1. The molecule has 3 nitrogen and oxygen atoms in total. The molecule has 0 aliphatic carbocycles. The first-order valence-corrected chi connectivity index (χ1v) is 6.84. The van der Waals surface area contributed by atoms with Gasteiger partial charge in [-0.25, -0.2) is 0 Å². The maximum atomic E-state index is 5.98. The topological polar surface area (TPSA) is 30.5 Å². The second-order valence-electron chi connectivity index (χ2n) is 4.39. The van der Waals surface area contributed by atoms with Gasteiger partial charge in [0.1, 0.15) is 6.61 Å². The zero-order valence-electron chi connectivity index (χ0n) is 11.7. The number of para-hydroxylation sites is 2. The molecule has 2 aromatic rings. The van der Waals surface area contributed by atoms with Gasteiger partial charge < -0.3 is 14.8 Å². The molecule has 0 fully saturated rings. The Bertz CT molecular complexity index is 572. The summed E-state index contributed by atoms with van der Waals surface area (Å²) < 4.78 is 10.9. The lowest BCUT2D eigenvalue weighted by molar-refractivity contribution is 0.306. The molecule has 106 valence electrons. The van der Waals surface area contributed by atoms with Crippen molar-refractivity contribution in [2.24, 2.45) is 0 Å². The highest BCUT2D eigenvalue weighted by atomic mass is 35.5. The number of anilines is 1. The standard InChI is InChI=1S/C16H18ClNO2/c1-12-7-8-13(17)11-14(12)18-9-10-20-16-6-4-3-5-15(16)19-2/h3-8,11,18H,9-10H2,1-2H3. The van der Waals surface area contributed by atoms with Crippen LogP contribution in [-0.2, 0) is 0 Å². The minimum absolute atomic E-state index is 0.548. The van der Waals surface area contributed by atoms with Gasteiger partial charge in [-0.2, -0.15) is 0 Å². The average molecular weight is 292 g/mol. The number of methoxy groups -OCH3 is 1. The molecule has 0 aromatic heterocycles. The van der Waals surface area contributed by atoms with Gasteiger partial charge in [0.05, 0.1) is 7.11 Å². The Labute approximate surface area is 124 Å². The lowest BCUT2D eigenvalue weighted by Gasteiger charge is -2.12. The van der Waals surface area contributed by atoms with Crippen LogP contribution in [0.15, 0.2) is 42.5 Å². The SMILES string of the molecule is COc1ccccc1OCCNc1cc(Cl)ccc1C. The Morgan fingerprint density at radius 2 is 1.85 bits per heavy atom. The highest BCUT2D eigenvalue weighted by Crippen LogP contribution is 2.25. The van der Waals surface area contributed by atoms with Crippen molar-refractivity contribution in [3.63, 3.8) is 0 Å². The normalized spacial score (nSPS) is 10.2. The van der Waals surface area contributed by atoms with Crippen LogP contribution in [0, 0.1) is 6.92 Å². The first kappa shape index (κ1) is 14.5. The highest BCUT2D eigenvalue weighted by molar-refractivity contribution is 6.30. The maximum absolute atomic E-state index is 5.98. The number of ether oxygens (including phenoxy) is 2. The summed E-state index contributed by atoms with van der Waals surface area (Å²) in [5.74, 6) is 1.49. The van der Waals surface area contributed by atoms with Gasteiger partial charge in [-0.3, -0.25) is 0 Å². The maximum Gasteiger partial charge on any atom is 0.161 e. The molecule has 0 radical (unpaired) electrons. The summed E-state index contributed by atoms with van der Waals surface area (Å²) in [5, 5.41) is 4.04. The van der Waals surface area contributed by atoms with E-state index >= 15 is 0 Å². The summed E-state index contributed by atoms with van der Waals surface area (Å²) in [6.45, 7) is 3.28. The molecule has 0 heterocycles. The zero-order valence-corrected chi connectivity index (χ0v) is 12.4. The molecular weight excluding hydrogens is 274 g/mol. The minimum Gasteiger partial charge on any atom is -0.493 e. The molecule has 20 heavy (non-hydrogen) atoms. The lowest BCUT2D eigenvalue weighted by atomic mass is 10.2. The van der Waals surface area contributed by atoms with Gasteiger partial charge >= 0.3 is 0 Å².